The summed E-state index contributed by atoms with van der Waals surface area (Å²) in [6.45, 7) is 7.46. The average molecular weight is 354 g/mol. The molecule has 0 aliphatic carbocycles. The Morgan fingerprint density at radius 1 is 1.36 bits per heavy atom. The van der Waals surface area contributed by atoms with Gasteiger partial charge in [0, 0.05) is 17.3 Å². The summed E-state index contributed by atoms with van der Waals surface area (Å²) in [5.74, 6) is 0.448. The zero-order valence-corrected chi connectivity index (χ0v) is 15.3. The predicted molar refractivity (Wildman–Crippen MR) is 95.0 cm³/mol. The van der Waals surface area contributed by atoms with Crippen LogP contribution in [-0.2, 0) is 0 Å². The zero-order valence-electron chi connectivity index (χ0n) is 14.5. The van der Waals surface area contributed by atoms with Crippen LogP contribution in [0, 0.1) is 32.1 Å². The molecule has 0 unspecified atom stereocenters. The Kier molecular flexibility index (Phi) is 4.47. The molecular weight excluding hydrogens is 336 g/mol. The van der Waals surface area contributed by atoms with Crippen LogP contribution in [0.3, 0.4) is 0 Å². The van der Waals surface area contributed by atoms with Crippen molar-refractivity contribution in [2.75, 3.05) is 0 Å². The summed E-state index contributed by atoms with van der Waals surface area (Å²) in [6.07, 6.45) is 3.54. The van der Waals surface area contributed by atoms with Gasteiger partial charge in [-0.05, 0) is 39.8 Å². The number of thiazole rings is 1. The summed E-state index contributed by atoms with van der Waals surface area (Å²) in [5, 5.41) is 13.5. The topological polar surface area (TPSA) is 83.8 Å². The second-order valence-corrected chi connectivity index (χ2v) is 7.03. The summed E-state index contributed by atoms with van der Waals surface area (Å²) in [5.41, 5.74) is 1.42. The van der Waals surface area contributed by atoms with Crippen molar-refractivity contribution < 1.29 is 9.21 Å². The second kappa shape index (κ2) is 6.57. The summed E-state index contributed by atoms with van der Waals surface area (Å²) in [4.78, 5) is 18.2. The van der Waals surface area contributed by atoms with E-state index in [4.69, 9.17) is 4.42 Å². The quantitative estimate of drug-likeness (QED) is 0.772. The highest BCUT2D eigenvalue weighted by Crippen LogP contribution is 2.28. The number of nitrogens with one attached hydrogen (secondary N) is 1. The third-order valence-electron chi connectivity index (χ3n) is 3.92. The van der Waals surface area contributed by atoms with Crippen LogP contribution in [0.1, 0.15) is 50.2 Å². The third-order valence-corrected chi connectivity index (χ3v) is 5.18. The van der Waals surface area contributed by atoms with E-state index in [1.54, 1.807) is 35.2 Å². The van der Waals surface area contributed by atoms with E-state index in [0.717, 1.165) is 15.6 Å². The predicted octanol–water partition coefficient (Wildman–Crippen LogP) is 3.81. The van der Waals surface area contributed by atoms with Crippen LogP contribution in [0.2, 0.25) is 0 Å². The lowest BCUT2D eigenvalue weighted by Crippen LogP contribution is -2.27. The molecule has 1 N–H and O–H groups in total. The molecule has 128 valence electrons. The lowest BCUT2D eigenvalue weighted by Gasteiger charge is -2.12. The summed E-state index contributed by atoms with van der Waals surface area (Å²) in [6, 6.07) is 5.56. The molecule has 0 aromatic carbocycles. The molecule has 25 heavy (non-hydrogen) atoms. The van der Waals surface area contributed by atoms with Gasteiger partial charge in [0.05, 0.1) is 16.7 Å². The fourth-order valence-corrected chi connectivity index (χ4v) is 3.77. The number of carbonyl (C=O) groups is 1. The number of furan rings is 1. The molecule has 0 aliphatic heterocycles. The number of rotatable bonds is 4. The first kappa shape index (κ1) is 17.0. The van der Waals surface area contributed by atoms with E-state index in [9.17, 15) is 10.1 Å². The molecule has 3 aromatic heterocycles. The standard InChI is InChI=1S/C18H18N4O2S/c1-10-16(25-13(4)20-10)11(2)21-17(23)15-12(3)24-18(14(15)9-19)22-7-5-6-8-22/h5-8,11H,1-4H3,(H,21,23)/t11-/m0/s1. The van der Waals surface area contributed by atoms with Crippen LogP contribution in [0.4, 0.5) is 0 Å². The Balaban J connectivity index is 1.93. The van der Waals surface area contributed by atoms with E-state index in [1.807, 2.05) is 32.9 Å². The van der Waals surface area contributed by atoms with Crippen LogP contribution in [0.15, 0.2) is 28.9 Å². The van der Waals surface area contributed by atoms with Gasteiger partial charge in [0.25, 0.3) is 5.91 Å². The van der Waals surface area contributed by atoms with E-state index in [1.165, 1.54) is 0 Å². The highest BCUT2D eigenvalue weighted by Gasteiger charge is 2.26. The van der Waals surface area contributed by atoms with Gasteiger partial charge in [-0.15, -0.1) is 11.3 Å². The Hall–Kier alpha value is -2.85. The smallest absolute Gasteiger partial charge is 0.256 e. The van der Waals surface area contributed by atoms with Gasteiger partial charge in [-0.1, -0.05) is 0 Å². The molecule has 0 fully saturated rings. The normalized spacial score (nSPS) is 12.0. The van der Waals surface area contributed by atoms with Gasteiger partial charge >= 0.3 is 0 Å². The Bertz CT molecular complexity index is 960. The molecule has 3 aromatic rings. The number of aromatic nitrogens is 2. The Morgan fingerprint density at radius 2 is 2.04 bits per heavy atom. The fraction of sp³-hybridized carbons (Fsp3) is 0.278. The number of hydrogen-bond acceptors (Lipinski definition) is 5. The lowest BCUT2D eigenvalue weighted by molar-refractivity contribution is 0.0938. The van der Waals surface area contributed by atoms with Crippen molar-refractivity contribution in [2.45, 2.75) is 33.7 Å². The molecule has 0 spiro atoms. The number of nitriles is 1. The van der Waals surface area contributed by atoms with Crippen molar-refractivity contribution in [3.63, 3.8) is 0 Å². The van der Waals surface area contributed by atoms with E-state index in [-0.39, 0.29) is 23.1 Å². The molecule has 1 atom stereocenters. The van der Waals surface area contributed by atoms with Crippen LogP contribution in [0.25, 0.3) is 5.88 Å². The largest absolute Gasteiger partial charge is 0.443 e. The van der Waals surface area contributed by atoms with Gasteiger partial charge in [0.15, 0.2) is 0 Å². The molecule has 1 amide bonds. The van der Waals surface area contributed by atoms with Crippen LogP contribution < -0.4 is 5.32 Å². The summed E-state index contributed by atoms with van der Waals surface area (Å²) >= 11 is 1.56. The van der Waals surface area contributed by atoms with Gasteiger partial charge in [-0.2, -0.15) is 5.26 Å². The van der Waals surface area contributed by atoms with Gasteiger partial charge in [-0.3, -0.25) is 9.36 Å². The van der Waals surface area contributed by atoms with Gasteiger partial charge < -0.3 is 9.73 Å². The first-order valence-electron chi connectivity index (χ1n) is 7.84. The Labute approximate surface area is 149 Å². The Morgan fingerprint density at radius 3 is 2.60 bits per heavy atom. The van der Waals surface area contributed by atoms with E-state index in [0.29, 0.717) is 11.6 Å². The number of amides is 1. The minimum atomic E-state index is -0.325. The number of hydrogen-bond donors (Lipinski definition) is 1. The minimum absolute atomic E-state index is 0.199. The first-order chi connectivity index (χ1) is 11.9. The molecule has 3 rings (SSSR count). The van der Waals surface area contributed by atoms with Crippen molar-refractivity contribution in [3.8, 4) is 12.0 Å². The maximum absolute atomic E-state index is 12.8. The molecule has 0 radical (unpaired) electrons. The van der Waals surface area contributed by atoms with Crippen molar-refractivity contribution in [1.82, 2.24) is 14.9 Å². The average Bonchev–Trinajstić information content (AvgIpc) is 3.25. The van der Waals surface area contributed by atoms with Gasteiger partial charge in [-0.25, -0.2) is 4.98 Å². The van der Waals surface area contributed by atoms with E-state index < -0.39 is 0 Å². The minimum Gasteiger partial charge on any atom is -0.443 e. The maximum Gasteiger partial charge on any atom is 0.256 e. The zero-order chi connectivity index (χ0) is 18.1. The SMILES string of the molecule is Cc1nc(C)c([C@H](C)NC(=O)c2c(C)oc(-n3cccc3)c2C#N)s1. The van der Waals surface area contributed by atoms with E-state index >= 15 is 0 Å². The molecule has 0 aliphatic rings. The number of aryl methyl sites for hydroxylation is 3. The number of nitrogens with zero attached hydrogens (tertiary/aromatic N) is 3. The molecular formula is C18H18N4O2S. The van der Waals surface area contributed by atoms with Crippen molar-refractivity contribution >= 4 is 17.2 Å². The molecule has 7 heteroatoms. The maximum atomic E-state index is 12.8. The van der Waals surface area contributed by atoms with Crippen LogP contribution in [-0.4, -0.2) is 15.5 Å². The first-order valence-corrected chi connectivity index (χ1v) is 8.65. The highest BCUT2D eigenvalue weighted by molar-refractivity contribution is 7.11. The highest BCUT2D eigenvalue weighted by atomic mass is 32.1. The lowest BCUT2D eigenvalue weighted by atomic mass is 10.1. The van der Waals surface area contributed by atoms with Crippen LogP contribution >= 0.6 is 11.3 Å². The summed E-state index contributed by atoms with van der Waals surface area (Å²) in [7, 11) is 0. The summed E-state index contributed by atoms with van der Waals surface area (Å²) < 4.78 is 7.37. The fourth-order valence-electron chi connectivity index (χ4n) is 2.84. The second-order valence-electron chi connectivity index (χ2n) is 5.79. The van der Waals surface area contributed by atoms with Crippen LogP contribution in [0.5, 0.6) is 0 Å². The molecule has 0 saturated carbocycles. The number of carbonyl (C=O) groups excluding carboxylic acids is 1. The van der Waals surface area contributed by atoms with Crippen molar-refractivity contribution in [1.29, 1.82) is 5.26 Å². The van der Waals surface area contributed by atoms with Gasteiger partial charge in [0.1, 0.15) is 23.0 Å². The van der Waals surface area contributed by atoms with Crippen molar-refractivity contribution in [3.05, 3.63) is 57.0 Å². The van der Waals surface area contributed by atoms with E-state index in [2.05, 4.69) is 16.4 Å². The molecule has 6 nitrogen and oxygen atoms in total. The molecule has 3 heterocycles. The molecule has 0 saturated heterocycles. The third kappa shape index (κ3) is 3.08. The molecule has 0 bridgehead atoms. The van der Waals surface area contributed by atoms with Crippen molar-refractivity contribution in [2.24, 2.45) is 0 Å². The van der Waals surface area contributed by atoms with Gasteiger partial charge in [0.2, 0.25) is 5.88 Å². The monoisotopic (exact) mass is 354 g/mol.